The quantitative estimate of drug-likeness (QED) is 0.692. The Hall–Kier alpha value is -2.00. The van der Waals surface area contributed by atoms with Crippen molar-refractivity contribution < 1.29 is 9.15 Å². The number of furan rings is 1. The van der Waals surface area contributed by atoms with E-state index in [0.29, 0.717) is 18.2 Å². The van der Waals surface area contributed by atoms with Gasteiger partial charge in [0.25, 0.3) is 0 Å². The Bertz CT molecular complexity index is 854. The third-order valence-electron chi connectivity index (χ3n) is 5.71. The van der Waals surface area contributed by atoms with E-state index in [-0.39, 0.29) is 0 Å². The lowest BCUT2D eigenvalue weighted by atomic mass is 10.0. The third-order valence-corrected chi connectivity index (χ3v) is 5.71. The van der Waals surface area contributed by atoms with Crippen molar-refractivity contribution in [3.05, 3.63) is 42.5 Å². The van der Waals surface area contributed by atoms with Gasteiger partial charge in [-0.05, 0) is 57.0 Å². The van der Waals surface area contributed by atoms with Gasteiger partial charge in [0.15, 0.2) is 0 Å². The summed E-state index contributed by atoms with van der Waals surface area (Å²) in [4.78, 5) is 2.55. The van der Waals surface area contributed by atoms with Gasteiger partial charge >= 0.3 is 0 Å². The first-order valence-electron chi connectivity index (χ1n) is 8.58. The number of piperidine rings is 1. The summed E-state index contributed by atoms with van der Waals surface area (Å²) in [5.41, 5.74) is 1.87. The zero-order valence-corrected chi connectivity index (χ0v) is 13.4. The van der Waals surface area contributed by atoms with Gasteiger partial charge < -0.3 is 14.1 Å². The molecule has 2 aliphatic heterocycles. The van der Waals surface area contributed by atoms with Crippen LogP contribution in [0.2, 0.25) is 0 Å². The van der Waals surface area contributed by atoms with Gasteiger partial charge in [-0.2, -0.15) is 0 Å². The van der Waals surface area contributed by atoms with E-state index in [2.05, 4.69) is 30.1 Å². The zero-order chi connectivity index (χ0) is 15.4. The molecular formula is C20H21NO2. The molecule has 0 spiro atoms. The molecule has 3 heterocycles. The van der Waals surface area contributed by atoms with Gasteiger partial charge in [0.05, 0.1) is 0 Å². The minimum atomic E-state index is 0.347. The molecule has 2 saturated heterocycles. The molecule has 2 fully saturated rings. The Labute approximate surface area is 135 Å². The lowest BCUT2D eigenvalue weighted by Gasteiger charge is -2.36. The Morgan fingerprint density at radius 1 is 0.957 bits per heavy atom. The first-order chi connectivity index (χ1) is 11.3. The molecule has 0 radical (unpaired) electrons. The second-order valence-corrected chi connectivity index (χ2v) is 7.02. The summed E-state index contributed by atoms with van der Waals surface area (Å²) >= 11 is 0. The van der Waals surface area contributed by atoms with Crippen LogP contribution in [0.15, 0.2) is 46.9 Å². The highest BCUT2D eigenvalue weighted by molar-refractivity contribution is 6.05. The van der Waals surface area contributed by atoms with Crippen molar-refractivity contribution in [1.82, 2.24) is 4.90 Å². The van der Waals surface area contributed by atoms with Crippen LogP contribution in [-0.4, -0.2) is 30.1 Å². The smallest absolute Gasteiger partial charge is 0.135 e. The predicted molar refractivity (Wildman–Crippen MR) is 91.9 cm³/mol. The first-order valence-corrected chi connectivity index (χ1v) is 8.58. The van der Waals surface area contributed by atoms with Crippen molar-refractivity contribution in [3.8, 4) is 5.75 Å². The van der Waals surface area contributed by atoms with Crippen molar-refractivity contribution in [2.24, 2.45) is 0 Å². The fourth-order valence-corrected chi connectivity index (χ4v) is 4.43. The average molecular weight is 307 g/mol. The lowest BCUT2D eigenvalue weighted by molar-refractivity contribution is 0.0662. The predicted octanol–water partition coefficient (Wildman–Crippen LogP) is 4.59. The van der Waals surface area contributed by atoms with E-state index >= 15 is 0 Å². The summed E-state index contributed by atoms with van der Waals surface area (Å²) in [5.74, 6) is 0.970. The lowest BCUT2D eigenvalue weighted by Crippen LogP contribution is -2.43. The van der Waals surface area contributed by atoms with E-state index in [0.717, 1.165) is 40.5 Å². The first kappa shape index (κ1) is 13.4. The number of fused-ring (bicyclic) bond motifs is 5. The standard InChI is InChI=1S/C20H21NO2/c1-21-13-6-7-14(21)11-16(10-13)22-15-8-9-20-18(12-15)17-4-2-3-5-19(17)23-20/h2-5,8-9,12-14,16H,6-7,10-11H2,1H3. The molecule has 2 aromatic carbocycles. The monoisotopic (exact) mass is 307 g/mol. The van der Waals surface area contributed by atoms with Gasteiger partial charge in [-0.25, -0.2) is 0 Å². The van der Waals surface area contributed by atoms with Crippen LogP contribution in [0.5, 0.6) is 5.75 Å². The molecule has 0 N–H and O–H groups in total. The Balaban J connectivity index is 1.46. The van der Waals surface area contributed by atoms with E-state index < -0.39 is 0 Å². The highest BCUT2D eigenvalue weighted by atomic mass is 16.5. The summed E-state index contributed by atoms with van der Waals surface area (Å²) in [5, 5.41) is 2.31. The minimum Gasteiger partial charge on any atom is -0.490 e. The Morgan fingerprint density at radius 2 is 1.70 bits per heavy atom. The number of benzene rings is 2. The SMILES string of the molecule is CN1C2CCC1CC(Oc1ccc3oc4ccccc4c3c1)C2. The number of para-hydroxylation sites is 1. The molecule has 2 aliphatic rings. The van der Waals surface area contributed by atoms with E-state index in [9.17, 15) is 0 Å². The van der Waals surface area contributed by atoms with Crippen molar-refractivity contribution in [3.63, 3.8) is 0 Å². The number of hydrogen-bond donors (Lipinski definition) is 0. The van der Waals surface area contributed by atoms with Crippen LogP contribution in [0.3, 0.4) is 0 Å². The third kappa shape index (κ3) is 2.14. The molecule has 0 amide bonds. The Morgan fingerprint density at radius 3 is 2.52 bits per heavy atom. The summed E-state index contributed by atoms with van der Waals surface area (Å²) in [6.45, 7) is 0. The molecule has 118 valence electrons. The zero-order valence-electron chi connectivity index (χ0n) is 13.4. The average Bonchev–Trinajstić information content (AvgIpc) is 3.00. The maximum atomic E-state index is 6.34. The normalized spacial score (nSPS) is 27.8. The summed E-state index contributed by atoms with van der Waals surface area (Å²) < 4.78 is 12.2. The maximum absolute atomic E-state index is 6.34. The Kier molecular flexibility index (Phi) is 2.92. The molecule has 3 aromatic rings. The minimum absolute atomic E-state index is 0.347. The number of hydrogen-bond acceptors (Lipinski definition) is 3. The van der Waals surface area contributed by atoms with Crippen molar-refractivity contribution in [1.29, 1.82) is 0 Å². The van der Waals surface area contributed by atoms with Crippen LogP contribution in [0.1, 0.15) is 25.7 Å². The van der Waals surface area contributed by atoms with Gasteiger partial charge in [-0.3, -0.25) is 0 Å². The van der Waals surface area contributed by atoms with Crippen LogP contribution < -0.4 is 4.74 Å². The van der Waals surface area contributed by atoms with E-state index in [4.69, 9.17) is 9.15 Å². The highest BCUT2D eigenvalue weighted by Crippen LogP contribution is 2.37. The van der Waals surface area contributed by atoms with Gasteiger partial charge in [0, 0.05) is 22.9 Å². The fraction of sp³-hybridized carbons (Fsp3) is 0.400. The largest absolute Gasteiger partial charge is 0.490 e. The van der Waals surface area contributed by atoms with E-state index in [1.54, 1.807) is 0 Å². The summed E-state index contributed by atoms with van der Waals surface area (Å²) in [6, 6.07) is 15.8. The van der Waals surface area contributed by atoms with Crippen molar-refractivity contribution in [2.45, 2.75) is 43.9 Å². The second-order valence-electron chi connectivity index (χ2n) is 7.02. The van der Waals surface area contributed by atoms with Crippen LogP contribution in [-0.2, 0) is 0 Å². The van der Waals surface area contributed by atoms with Gasteiger partial charge in [-0.15, -0.1) is 0 Å². The molecule has 2 unspecified atom stereocenters. The topological polar surface area (TPSA) is 25.6 Å². The summed E-state index contributed by atoms with van der Waals surface area (Å²) in [7, 11) is 2.27. The maximum Gasteiger partial charge on any atom is 0.135 e. The number of rotatable bonds is 2. The molecule has 3 nitrogen and oxygen atoms in total. The van der Waals surface area contributed by atoms with Crippen molar-refractivity contribution >= 4 is 21.9 Å². The van der Waals surface area contributed by atoms with Gasteiger partial charge in [0.2, 0.25) is 0 Å². The summed E-state index contributed by atoms with van der Waals surface area (Å²) in [6.07, 6.45) is 5.30. The molecule has 0 saturated carbocycles. The second kappa shape index (κ2) is 5.00. The highest BCUT2D eigenvalue weighted by Gasteiger charge is 2.39. The molecular weight excluding hydrogens is 286 g/mol. The van der Waals surface area contributed by atoms with Crippen molar-refractivity contribution in [2.75, 3.05) is 7.05 Å². The fourth-order valence-electron chi connectivity index (χ4n) is 4.43. The van der Waals surface area contributed by atoms with Crippen LogP contribution >= 0.6 is 0 Å². The molecule has 0 aliphatic carbocycles. The molecule has 2 atom stereocenters. The number of ether oxygens (including phenoxy) is 1. The molecule has 3 heteroatoms. The van der Waals surface area contributed by atoms with Crippen LogP contribution in [0.4, 0.5) is 0 Å². The van der Waals surface area contributed by atoms with Gasteiger partial charge in [-0.1, -0.05) is 18.2 Å². The van der Waals surface area contributed by atoms with E-state index in [1.165, 1.54) is 12.8 Å². The molecule has 5 rings (SSSR count). The molecule has 1 aromatic heterocycles. The molecule has 23 heavy (non-hydrogen) atoms. The van der Waals surface area contributed by atoms with Crippen LogP contribution in [0, 0.1) is 0 Å². The van der Waals surface area contributed by atoms with Crippen LogP contribution in [0.25, 0.3) is 21.9 Å². The molecule has 2 bridgehead atoms. The number of nitrogens with zero attached hydrogens (tertiary/aromatic N) is 1. The van der Waals surface area contributed by atoms with E-state index in [1.807, 2.05) is 24.3 Å². The van der Waals surface area contributed by atoms with Gasteiger partial charge in [0.1, 0.15) is 23.0 Å².